The fraction of sp³-hybridized carbons (Fsp3) is 0.417. The van der Waals surface area contributed by atoms with E-state index >= 15 is 0 Å². The number of urea groups is 1. The Balaban J connectivity index is 1.60. The van der Waals surface area contributed by atoms with Gasteiger partial charge in [-0.3, -0.25) is 9.59 Å². The van der Waals surface area contributed by atoms with Crippen LogP contribution in [0.2, 0.25) is 0 Å². The van der Waals surface area contributed by atoms with Crippen LogP contribution in [-0.4, -0.2) is 65.6 Å². The summed E-state index contributed by atoms with van der Waals surface area (Å²) in [5, 5.41) is 17.5. The molecule has 1 heterocycles. The third-order valence-electron chi connectivity index (χ3n) is 8.47. The van der Waals surface area contributed by atoms with Gasteiger partial charge in [-0.05, 0) is 54.9 Å². The number of aryl methyl sites for hydroxylation is 2. The molecule has 0 radical (unpaired) electrons. The molecule has 4 rings (SSSR count). The summed E-state index contributed by atoms with van der Waals surface area (Å²) in [5.74, 6) is -0.705. The Hall–Kier alpha value is -4.21. The molecule has 0 saturated carbocycles. The molecule has 1 fully saturated rings. The van der Waals surface area contributed by atoms with Crippen LogP contribution in [0.3, 0.4) is 0 Å². The van der Waals surface area contributed by atoms with E-state index in [0.717, 1.165) is 22.3 Å². The molecule has 1 aliphatic rings. The van der Waals surface area contributed by atoms with Gasteiger partial charge in [0.15, 0.2) is 12.4 Å². The number of ether oxygens (including phenoxy) is 1. The van der Waals surface area contributed by atoms with E-state index in [1.807, 2.05) is 107 Å². The van der Waals surface area contributed by atoms with Gasteiger partial charge >= 0.3 is 6.03 Å². The van der Waals surface area contributed by atoms with Crippen molar-refractivity contribution >= 4 is 17.7 Å². The zero-order chi connectivity index (χ0) is 32.5. The summed E-state index contributed by atoms with van der Waals surface area (Å²) < 4.78 is 5.89. The summed E-state index contributed by atoms with van der Waals surface area (Å²) in [6.07, 6.45) is -0.774. The first-order chi connectivity index (χ1) is 21.6. The van der Waals surface area contributed by atoms with Gasteiger partial charge in [0.25, 0.3) is 5.91 Å². The van der Waals surface area contributed by atoms with E-state index in [4.69, 9.17) is 10.5 Å². The topological polar surface area (TPSA) is 134 Å². The van der Waals surface area contributed by atoms with E-state index in [0.29, 0.717) is 25.3 Å². The average molecular weight is 615 g/mol. The smallest absolute Gasteiger partial charge is 0.318 e. The molecule has 2 unspecified atom stereocenters. The Labute approximate surface area is 266 Å². The second kappa shape index (κ2) is 15.7. The van der Waals surface area contributed by atoms with Crippen LogP contribution in [0.15, 0.2) is 78.9 Å². The van der Waals surface area contributed by atoms with Crippen molar-refractivity contribution in [2.75, 3.05) is 19.7 Å². The number of hydrogen-bond acceptors (Lipinski definition) is 6. The van der Waals surface area contributed by atoms with Gasteiger partial charge in [-0.15, -0.1) is 0 Å². The molecule has 9 nitrogen and oxygen atoms in total. The number of nitrogens with two attached hydrogens (primary N) is 1. The second-order valence-corrected chi connectivity index (χ2v) is 12.2. The maximum atomic E-state index is 14.3. The third kappa shape index (κ3) is 8.71. The molecule has 0 aliphatic carbocycles. The lowest BCUT2D eigenvalue weighted by Crippen LogP contribution is -2.53. The number of ketones is 1. The fourth-order valence-corrected chi connectivity index (χ4v) is 6.17. The first kappa shape index (κ1) is 33.7. The molecular weight excluding hydrogens is 568 g/mol. The number of rotatable bonds is 15. The van der Waals surface area contributed by atoms with Crippen LogP contribution < -0.4 is 21.1 Å². The third-order valence-corrected chi connectivity index (χ3v) is 8.47. The molecule has 1 saturated heterocycles. The van der Waals surface area contributed by atoms with E-state index in [2.05, 4.69) is 10.6 Å². The van der Waals surface area contributed by atoms with Crippen LogP contribution >= 0.6 is 0 Å². The SMILES string of the molecule is Cc1cccc(C)c1OCC(=O)N[C@@H](C(N)c1ccccc1)[C@@H](O)C[C@H](Cc1ccccc1)C(=O)C(C(C)C)N1CCNC1=O. The number of Topliss-reactive ketones (excluding diaryl/α,β-unsaturated/α-hetero) is 1. The van der Waals surface area contributed by atoms with Crippen molar-refractivity contribution in [3.8, 4) is 5.75 Å². The zero-order valence-electron chi connectivity index (χ0n) is 26.6. The Bertz CT molecular complexity index is 1410. The van der Waals surface area contributed by atoms with Crippen LogP contribution in [-0.2, 0) is 16.0 Å². The van der Waals surface area contributed by atoms with Gasteiger partial charge in [-0.2, -0.15) is 0 Å². The number of para-hydroxylation sites is 1. The summed E-state index contributed by atoms with van der Waals surface area (Å²) >= 11 is 0. The quantitative estimate of drug-likeness (QED) is 0.204. The van der Waals surface area contributed by atoms with Crippen molar-refractivity contribution in [1.82, 2.24) is 15.5 Å². The Kier molecular flexibility index (Phi) is 11.7. The number of nitrogens with one attached hydrogen (secondary N) is 2. The van der Waals surface area contributed by atoms with Crippen LogP contribution in [0.4, 0.5) is 4.79 Å². The van der Waals surface area contributed by atoms with Gasteiger partial charge in [0, 0.05) is 19.0 Å². The van der Waals surface area contributed by atoms with Gasteiger partial charge < -0.3 is 31.1 Å². The Morgan fingerprint density at radius 1 is 0.978 bits per heavy atom. The van der Waals surface area contributed by atoms with Crippen molar-refractivity contribution in [3.63, 3.8) is 0 Å². The maximum absolute atomic E-state index is 14.3. The summed E-state index contributed by atoms with van der Waals surface area (Å²) in [4.78, 5) is 41.8. The lowest BCUT2D eigenvalue weighted by Gasteiger charge is -2.35. The molecule has 0 aromatic heterocycles. The predicted octanol–water partition coefficient (Wildman–Crippen LogP) is 4.10. The number of carbonyl (C=O) groups excluding carboxylic acids is 3. The van der Waals surface area contributed by atoms with Crippen LogP contribution in [0.25, 0.3) is 0 Å². The number of aliphatic hydroxyl groups excluding tert-OH is 1. The zero-order valence-corrected chi connectivity index (χ0v) is 26.6. The number of nitrogens with zero attached hydrogens (tertiary/aromatic N) is 1. The summed E-state index contributed by atoms with van der Waals surface area (Å²) in [5.41, 5.74) is 10.2. The first-order valence-electron chi connectivity index (χ1n) is 15.7. The van der Waals surface area contributed by atoms with Crippen LogP contribution in [0.5, 0.6) is 5.75 Å². The minimum Gasteiger partial charge on any atom is -0.483 e. The fourth-order valence-electron chi connectivity index (χ4n) is 6.17. The number of aliphatic hydroxyl groups is 1. The van der Waals surface area contributed by atoms with Crippen LogP contribution in [0.1, 0.15) is 48.6 Å². The first-order valence-corrected chi connectivity index (χ1v) is 15.7. The normalized spacial score (nSPS) is 16.4. The van der Waals surface area contributed by atoms with Crippen molar-refractivity contribution in [2.24, 2.45) is 17.6 Å². The molecule has 3 aromatic rings. The molecule has 9 heteroatoms. The summed E-state index contributed by atoms with van der Waals surface area (Å²) in [7, 11) is 0. The van der Waals surface area contributed by atoms with E-state index in [1.165, 1.54) is 0 Å². The van der Waals surface area contributed by atoms with Crippen molar-refractivity contribution in [2.45, 2.75) is 64.8 Å². The van der Waals surface area contributed by atoms with Gasteiger partial charge in [0.1, 0.15) is 5.75 Å². The molecule has 0 spiro atoms. The number of carbonyl (C=O) groups is 3. The lowest BCUT2D eigenvalue weighted by atomic mass is 9.81. The molecule has 3 aromatic carbocycles. The molecule has 45 heavy (non-hydrogen) atoms. The minimum absolute atomic E-state index is 0.0373. The molecule has 1 aliphatic heterocycles. The summed E-state index contributed by atoms with van der Waals surface area (Å²) in [6.45, 7) is 8.33. The maximum Gasteiger partial charge on any atom is 0.318 e. The lowest BCUT2D eigenvalue weighted by molar-refractivity contribution is -0.130. The molecule has 5 N–H and O–H groups in total. The number of hydrogen-bond donors (Lipinski definition) is 4. The van der Waals surface area contributed by atoms with E-state index in [9.17, 15) is 19.5 Å². The second-order valence-electron chi connectivity index (χ2n) is 12.2. The van der Waals surface area contributed by atoms with Gasteiger partial charge in [-0.1, -0.05) is 92.7 Å². The number of amides is 3. The highest BCUT2D eigenvalue weighted by molar-refractivity contribution is 5.91. The van der Waals surface area contributed by atoms with Crippen LogP contribution in [0, 0.1) is 25.7 Å². The van der Waals surface area contributed by atoms with Gasteiger partial charge in [0.2, 0.25) is 0 Å². The predicted molar refractivity (Wildman–Crippen MR) is 175 cm³/mol. The monoisotopic (exact) mass is 614 g/mol. The molecular formula is C36H46N4O5. The Morgan fingerprint density at radius 2 is 1.60 bits per heavy atom. The molecule has 3 amide bonds. The van der Waals surface area contributed by atoms with E-state index in [1.54, 1.807) is 4.90 Å². The Morgan fingerprint density at radius 3 is 2.18 bits per heavy atom. The van der Waals surface area contributed by atoms with Crippen molar-refractivity contribution in [1.29, 1.82) is 0 Å². The molecule has 5 atom stereocenters. The highest BCUT2D eigenvalue weighted by Crippen LogP contribution is 2.28. The highest BCUT2D eigenvalue weighted by atomic mass is 16.5. The largest absolute Gasteiger partial charge is 0.483 e. The highest BCUT2D eigenvalue weighted by Gasteiger charge is 2.40. The minimum atomic E-state index is -1.18. The molecule has 0 bridgehead atoms. The standard InChI is InChI=1S/C36H46N4O5/c1-23(2)33(40-19-18-38-36(40)44)34(43)28(20-26-14-7-5-8-15-26)21-29(41)32(31(37)27-16-9-6-10-17-27)39-30(42)22-45-35-24(3)12-11-13-25(35)4/h5-17,23,28-29,31-33,41H,18-22,37H2,1-4H3,(H,38,44)(H,39,42)/t28-,29-,31?,32+,33?/m0/s1. The average Bonchev–Trinajstić information content (AvgIpc) is 3.44. The van der Waals surface area contributed by atoms with E-state index in [-0.39, 0.29) is 30.8 Å². The van der Waals surface area contributed by atoms with Gasteiger partial charge in [-0.25, -0.2) is 4.79 Å². The van der Waals surface area contributed by atoms with Crippen molar-refractivity contribution in [3.05, 3.63) is 101 Å². The molecule has 240 valence electrons. The number of benzene rings is 3. The van der Waals surface area contributed by atoms with E-state index < -0.39 is 36.1 Å². The summed E-state index contributed by atoms with van der Waals surface area (Å²) in [6, 6.07) is 22.0. The van der Waals surface area contributed by atoms with Gasteiger partial charge in [0.05, 0.1) is 24.2 Å². The van der Waals surface area contributed by atoms with Crippen molar-refractivity contribution < 1.29 is 24.2 Å².